The van der Waals surface area contributed by atoms with E-state index in [9.17, 15) is 9.59 Å². The van der Waals surface area contributed by atoms with Crippen molar-refractivity contribution in [3.8, 4) is 0 Å². The molecular formula is C24H27N3O2. The van der Waals surface area contributed by atoms with Crippen LogP contribution in [0.25, 0.3) is 10.9 Å². The predicted molar refractivity (Wildman–Crippen MR) is 116 cm³/mol. The second-order valence-corrected chi connectivity index (χ2v) is 8.14. The lowest BCUT2D eigenvalue weighted by atomic mass is 10.1. The Hall–Kier alpha value is -3.08. The van der Waals surface area contributed by atoms with Gasteiger partial charge in [-0.2, -0.15) is 0 Å². The summed E-state index contributed by atoms with van der Waals surface area (Å²) in [5.41, 5.74) is 2.97. The number of nitrogens with one attached hydrogen (secondary N) is 1. The van der Waals surface area contributed by atoms with E-state index in [1.807, 2.05) is 53.6 Å². The van der Waals surface area contributed by atoms with Crippen molar-refractivity contribution >= 4 is 28.4 Å². The van der Waals surface area contributed by atoms with Gasteiger partial charge in [0.1, 0.15) is 0 Å². The van der Waals surface area contributed by atoms with E-state index in [0.717, 1.165) is 43.4 Å². The molecule has 1 aromatic heterocycles. The fourth-order valence-corrected chi connectivity index (χ4v) is 4.00. The summed E-state index contributed by atoms with van der Waals surface area (Å²) < 4.78 is 2.14. The van der Waals surface area contributed by atoms with Crippen LogP contribution in [0.3, 0.4) is 0 Å². The SMILES string of the molecule is CC(C)Cn1cc(C(=O)Nc2cccc(C(=O)N3CCCC3)c2)c2ccccc21. The van der Waals surface area contributed by atoms with Gasteiger partial charge in [0, 0.05) is 48.0 Å². The zero-order valence-corrected chi connectivity index (χ0v) is 17.0. The van der Waals surface area contributed by atoms with Crippen LogP contribution in [0.2, 0.25) is 0 Å². The smallest absolute Gasteiger partial charge is 0.257 e. The van der Waals surface area contributed by atoms with Gasteiger partial charge in [-0.3, -0.25) is 9.59 Å². The summed E-state index contributed by atoms with van der Waals surface area (Å²) in [6, 6.07) is 15.2. The van der Waals surface area contributed by atoms with Crippen molar-refractivity contribution in [3.05, 3.63) is 65.9 Å². The minimum atomic E-state index is -0.158. The number of carbonyl (C=O) groups excluding carboxylic acids is 2. The summed E-state index contributed by atoms with van der Waals surface area (Å²) in [5.74, 6) is 0.358. The molecule has 0 unspecified atom stereocenters. The van der Waals surface area contributed by atoms with Crippen LogP contribution in [0.4, 0.5) is 5.69 Å². The van der Waals surface area contributed by atoms with Gasteiger partial charge < -0.3 is 14.8 Å². The molecule has 0 spiro atoms. The molecule has 0 atom stereocenters. The first-order valence-electron chi connectivity index (χ1n) is 10.3. The van der Waals surface area contributed by atoms with Crippen LogP contribution in [0, 0.1) is 5.92 Å². The van der Waals surface area contributed by atoms with Crippen LogP contribution < -0.4 is 5.32 Å². The van der Waals surface area contributed by atoms with Gasteiger partial charge in [-0.25, -0.2) is 0 Å². The summed E-state index contributed by atoms with van der Waals surface area (Å²) in [6.07, 6.45) is 4.05. The van der Waals surface area contributed by atoms with Crippen LogP contribution in [-0.2, 0) is 6.54 Å². The quantitative estimate of drug-likeness (QED) is 0.682. The van der Waals surface area contributed by atoms with Crippen molar-refractivity contribution in [2.75, 3.05) is 18.4 Å². The molecule has 1 saturated heterocycles. The summed E-state index contributed by atoms with van der Waals surface area (Å²) in [4.78, 5) is 27.6. The van der Waals surface area contributed by atoms with Crippen molar-refractivity contribution < 1.29 is 9.59 Å². The summed E-state index contributed by atoms with van der Waals surface area (Å²) in [7, 11) is 0. The maximum atomic E-state index is 13.0. The molecule has 1 aliphatic rings. The Bertz CT molecular complexity index is 1050. The summed E-state index contributed by atoms with van der Waals surface area (Å²) >= 11 is 0. The van der Waals surface area contributed by atoms with Crippen molar-refractivity contribution in [1.29, 1.82) is 0 Å². The minimum Gasteiger partial charge on any atom is -0.346 e. The van der Waals surface area contributed by atoms with Gasteiger partial charge in [0.25, 0.3) is 11.8 Å². The molecule has 2 amide bonds. The average molecular weight is 389 g/mol. The highest BCUT2D eigenvalue weighted by Crippen LogP contribution is 2.24. The lowest BCUT2D eigenvalue weighted by Gasteiger charge is -2.15. The average Bonchev–Trinajstić information content (AvgIpc) is 3.36. The van der Waals surface area contributed by atoms with E-state index in [1.54, 1.807) is 6.07 Å². The molecule has 29 heavy (non-hydrogen) atoms. The normalized spacial score (nSPS) is 14.0. The molecular weight excluding hydrogens is 362 g/mol. The van der Waals surface area contributed by atoms with Gasteiger partial charge in [0.05, 0.1) is 5.56 Å². The molecule has 5 heteroatoms. The molecule has 5 nitrogen and oxygen atoms in total. The topological polar surface area (TPSA) is 54.3 Å². The number of fused-ring (bicyclic) bond motifs is 1. The zero-order valence-electron chi connectivity index (χ0n) is 17.0. The van der Waals surface area contributed by atoms with Gasteiger partial charge in [-0.1, -0.05) is 38.1 Å². The van der Waals surface area contributed by atoms with Gasteiger partial charge in [0.2, 0.25) is 0 Å². The number of hydrogen-bond donors (Lipinski definition) is 1. The lowest BCUT2D eigenvalue weighted by Crippen LogP contribution is -2.27. The lowest BCUT2D eigenvalue weighted by molar-refractivity contribution is 0.0792. The van der Waals surface area contributed by atoms with Crippen molar-refractivity contribution in [3.63, 3.8) is 0 Å². The first-order valence-corrected chi connectivity index (χ1v) is 10.3. The Labute approximate surface area is 171 Å². The number of hydrogen-bond acceptors (Lipinski definition) is 2. The summed E-state index contributed by atoms with van der Waals surface area (Å²) in [6.45, 7) is 6.80. The Morgan fingerprint density at radius 1 is 1.03 bits per heavy atom. The molecule has 3 aromatic rings. The zero-order chi connectivity index (χ0) is 20.4. The molecule has 0 radical (unpaired) electrons. The molecule has 1 N–H and O–H groups in total. The van der Waals surface area contributed by atoms with E-state index in [0.29, 0.717) is 22.7 Å². The number of amides is 2. The highest BCUT2D eigenvalue weighted by Gasteiger charge is 2.20. The summed E-state index contributed by atoms with van der Waals surface area (Å²) in [5, 5.41) is 3.92. The second kappa shape index (κ2) is 8.11. The van der Waals surface area contributed by atoms with Gasteiger partial charge in [-0.05, 0) is 43.0 Å². The fourth-order valence-electron chi connectivity index (χ4n) is 4.00. The van der Waals surface area contributed by atoms with Gasteiger partial charge in [0.15, 0.2) is 0 Å². The van der Waals surface area contributed by atoms with E-state index < -0.39 is 0 Å². The Morgan fingerprint density at radius 2 is 1.79 bits per heavy atom. The molecule has 1 aliphatic heterocycles. The molecule has 150 valence electrons. The van der Waals surface area contributed by atoms with Gasteiger partial charge >= 0.3 is 0 Å². The number of benzene rings is 2. The maximum absolute atomic E-state index is 13.0. The van der Waals surface area contributed by atoms with E-state index in [2.05, 4.69) is 23.7 Å². The number of likely N-dealkylation sites (tertiary alicyclic amines) is 1. The molecule has 2 heterocycles. The highest BCUT2D eigenvalue weighted by atomic mass is 16.2. The Balaban J connectivity index is 1.58. The number of aromatic nitrogens is 1. The number of para-hydroxylation sites is 1. The maximum Gasteiger partial charge on any atom is 0.257 e. The van der Waals surface area contributed by atoms with E-state index >= 15 is 0 Å². The third kappa shape index (κ3) is 4.04. The van der Waals surface area contributed by atoms with Crippen molar-refractivity contribution in [1.82, 2.24) is 9.47 Å². The largest absolute Gasteiger partial charge is 0.346 e. The van der Waals surface area contributed by atoms with Crippen molar-refractivity contribution in [2.45, 2.75) is 33.2 Å². The fraction of sp³-hybridized carbons (Fsp3) is 0.333. The molecule has 4 rings (SSSR count). The molecule has 0 aliphatic carbocycles. The second-order valence-electron chi connectivity index (χ2n) is 8.14. The Morgan fingerprint density at radius 3 is 2.55 bits per heavy atom. The first-order chi connectivity index (χ1) is 14.0. The predicted octanol–water partition coefficient (Wildman–Crippen LogP) is 4.79. The Kier molecular flexibility index (Phi) is 5.38. The third-order valence-electron chi connectivity index (χ3n) is 5.36. The number of anilines is 1. The van der Waals surface area contributed by atoms with Crippen LogP contribution in [-0.4, -0.2) is 34.4 Å². The van der Waals surface area contributed by atoms with Crippen LogP contribution in [0.1, 0.15) is 47.4 Å². The van der Waals surface area contributed by atoms with E-state index in [-0.39, 0.29) is 11.8 Å². The first kappa shape index (κ1) is 19.2. The molecule has 2 aromatic carbocycles. The van der Waals surface area contributed by atoms with Crippen LogP contribution in [0.5, 0.6) is 0 Å². The van der Waals surface area contributed by atoms with Gasteiger partial charge in [-0.15, -0.1) is 0 Å². The van der Waals surface area contributed by atoms with Crippen LogP contribution >= 0.6 is 0 Å². The number of carbonyl (C=O) groups is 2. The standard InChI is InChI=1S/C24H27N3O2/c1-17(2)15-27-16-21(20-10-3-4-11-22(20)27)23(28)25-19-9-7-8-18(14-19)24(29)26-12-5-6-13-26/h3-4,7-11,14,16-17H,5-6,12-13,15H2,1-2H3,(H,25,28). The monoisotopic (exact) mass is 389 g/mol. The number of rotatable bonds is 5. The molecule has 1 fully saturated rings. The third-order valence-corrected chi connectivity index (χ3v) is 5.36. The molecule has 0 saturated carbocycles. The molecule has 0 bridgehead atoms. The number of nitrogens with zero attached hydrogens (tertiary/aromatic N) is 2. The highest BCUT2D eigenvalue weighted by molar-refractivity contribution is 6.13. The minimum absolute atomic E-state index is 0.0344. The van der Waals surface area contributed by atoms with E-state index in [1.165, 1.54) is 0 Å². The van der Waals surface area contributed by atoms with Crippen LogP contribution in [0.15, 0.2) is 54.7 Å². The van der Waals surface area contributed by atoms with Crippen molar-refractivity contribution in [2.24, 2.45) is 5.92 Å². The van der Waals surface area contributed by atoms with E-state index in [4.69, 9.17) is 0 Å².